The minimum atomic E-state index is -3.84. The Balaban J connectivity index is 1.85. The molecule has 2 heterocycles. The number of anilines is 1. The second-order valence-electron chi connectivity index (χ2n) is 6.26. The quantitative estimate of drug-likeness (QED) is 0.674. The lowest BCUT2D eigenvalue weighted by atomic mass is 10.1. The average molecular weight is 426 g/mol. The van der Waals surface area contributed by atoms with Crippen molar-refractivity contribution in [1.82, 2.24) is 13.8 Å². The fourth-order valence-electron chi connectivity index (χ4n) is 2.82. The van der Waals surface area contributed by atoms with Crippen molar-refractivity contribution in [3.05, 3.63) is 81.7 Å². The molecule has 8 nitrogen and oxygen atoms in total. The van der Waals surface area contributed by atoms with E-state index in [0.717, 1.165) is 11.5 Å². The number of rotatable bonds is 4. The summed E-state index contributed by atoms with van der Waals surface area (Å²) in [6, 6.07) is 8.69. The van der Waals surface area contributed by atoms with Crippen LogP contribution in [0.4, 0.5) is 5.82 Å². The van der Waals surface area contributed by atoms with E-state index in [1.54, 1.807) is 30.3 Å². The van der Waals surface area contributed by atoms with Crippen LogP contribution in [0.3, 0.4) is 0 Å². The van der Waals surface area contributed by atoms with Crippen molar-refractivity contribution < 1.29 is 13.2 Å². The molecule has 2 aromatic heterocycles. The Bertz CT molecular complexity index is 1360. The molecular formula is C19H14N4O4S2. The van der Waals surface area contributed by atoms with Crippen LogP contribution >= 0.6 is 11.5 Å². The number of carbonyl (C=O) groups excluding carboxylic acids is 1. The number of nitrogens with zero attached hydrogens (tertiary/aromatic N) is 3. The zero-order chi connectivity index (χ0) is 20.6. The molecule has 1 aromatic carbocycles. The normalized spacial score (nSPS) is 13.9. The molecule has 0 unspecified atom stereocenters. The van der Waals surface area contributed by atoms with Gasteiger partial charge in [0.1, 0.15) is 5.82 Å². The molecule has 0 saturated carbocycles. The number of hydrogen-bond donors (Lipinski definition) is 1. The predicted octanol–water partition coefficient (Wildman–Crippen LogP) is 1.79. The summed E-state index contributed by atoms with van der Waals surface area (Å²) >= 11 is 0.784. The monoisotopic (exact) mass is 426 g/mol. The standard InChI is InChI=1S/C19H14N4O4S2/c20-16-15(10-12-6-8-14(24)9-7-12)17(25)21-18-23(16)19(22-28-18)29(26,27)11-13-4-2-1-3-5-13/h1-10H,11,20H2. The van der Waals surface area contributed by atoms with E-state index in [2.05, 4.69) is 9.36 Å². The molecule has 3 aromatic rings. The van der Waals surface area contributed by atoms with E-state index >= 15 is 0 Å². The van der Waals surface area contributed by atoms with E-state index in [1.807, 2.05) is 0 Å². The fourth-order valence-corrected chi connectivity index (χ4v) is 5.30. The molecule has 29 heavy (non-hydrogen) atoms. The maximum atomic E-state index is 12.9. The summed E-state index contributed by atoms with van der Waals surface area (Å²) in [6.07, 6.45) is 7.24. The molecule has 0 bridgehead atoms. The predicted molar refractivity (Wildman–Crippen MR) is 110 cm³/mol. The number of ketones is 1. The molecule has 2 N–H and O–H groups in total. The Morgan fingerprint density at radius 2 is 1.76 bits per heavy atom. The molecule has 0 atom stereocenters. The summed E-state index contributed by atoms with van der Waals surface area (Å²) in [6.45, 7) is 0. The summed E-state index contributed by atoms with van der Waals surface area (Å²) in [4.78, 5) is 27.7. The summed E-state index contributed by atoms with van der Waals surface area (Å²) in [5.41, 5.74) is 6.75. The third-order valence-electron chi connectivity index (χ3n) is 4.20. The maximum absolute atomic E-state index is 12.9. The first kappa shape index (κ1) is 19.0. The van der Waals surface area contributed by atoms with Gasteiger partial charge in [0, 0.05) is 11.5 Å². The topological polar surface area (TPSA) is 124 Å². The minimum Gasteiger partial charge on any atom is -0.384 e. The van der Waals surface area contributed by atoms with Gasteiger partial charge in [-0.3, -0.25) is 9.59 Å². The Morgan fingerprint density at radius 1 is 1.07 bits per heavy atom. The minimum absolute atomic E-state index is 0.0255. The van der Waals surface area contributed by atoms with Gasteiger partial charge in [0.25, 0.3) is 5.56 Å². The number of allylic oxidation sites excluding steroid dienone is 5. The highest BCUT2D eigenvalue weighted by Crippen LogP contribution is 2.24. The third kappa shape index (κ3) is 3.67. The zero-order valence-corrected chi connectivity index (χ0v) is 16.5. The molecule has 0 fully saturated rings. The molecule has 146 valence electrons. The summed E-state index contributed by atoms with van der Waals surface area (Å²) < 4.78 is 31.1. The number of benzene rings is 1. The van der Waals surface area contributed by atoms with Gasteiger partial charge >= 0.3 is 0 Å². The lowest BCUT2D eigenvalue weighted by Crippen LogP contribution is -2.19. The van der Waals surface area contributed by atoms with Crippen LogP contribution in [0.2, 0.25) is 0 Å². The largest absolute Gasteiger partial charge is 0.384 e. The molecule has 10 heteroatoms. The SMILES string of the molecule is Nc1c(C=C2C=CC(=O)C=C2)c(=O)nc2snc(S(=O)(=O)Cc3ccccc3)n12. The van der Waals surface area contributed by atoms with E-state index < -0.39 is 15.4 Å². The van der Waals surface area contributed by atoms with Gasteiger partial charge in [0.2, 0.25) is 20.0 Å². The van der Waals surface area contributed by atoms with E-state index in [-0.39, 0.29) is 33.0 Å². The van der Waals surface area contributed by atoms with Crippen LogP contribution in [0, 0.1) is 0 Å². The van der Waals surface area contributed by atoms with Crippen LogP contribution < -0.4 is 11.3 Å². The van der Waals surface area contributed by atoms with Crippen molar-refractivity contribution >= 4 is 44.0 Å². The van der Waals surface area contributed by atoms with Crippen LogP contribution in [0.25, 0.3) is 11.0 Å². The Labute approximate surface area is 169 Å². The second kappa shape index (κ2) is 7.22. The number of nitrogens with two attached hydrogens (primary N) is 1. The van der Waals surface area contributed by atoms with Crippen LogP contribution in [-0.2, 0) is 20.4 Å². The highest BCUT2D eigenvalue weighted by atomic mass is 32.2. The van der Waals surface area contributed by atoms with E-state index in [4.69, 9.17) is 5.73 Å². The van der Waals surface area contributed by atoms with Gasteiger partial charge in [0.15, 0.2) is 5.78 Å². The number of hydrogen-bond acceptors (Lipinski definition) is 8. The fraction of sp³-hybridized carbons (Fsp3) is 0.0526. The Morgan fingerprint density at radius 3 is 2.45 bits per heavy atom. The van der Waals surface area contributed by atoms with Gasteiger partial charge in [-0.2, -0.15) is 9.36 Å². The summed E-state index contributed by atoms with van der Waals surface area (Å²) in [7, 11) is -3.84. The van der Waals surface area contributed by atoms with Crippen LogP contribution in [0.5, 0.6) is 0 Å². The number of fused-ring (bicyclic) bond motifs is 1. The highest BCUT2D eigenvalue weighted by molar-refractivity contribution is 7.90. The van der Waals surface area contributed by atoms with Crippen molar-refractivity contribution in [2.24, 2.45) is 0 Å². The first-order chi connectivity index (χ1) is 13.8. The summed E-state index contributed by atoms with van der Waals surface area (Å²) in [5.74, 6) is -0.509. The smallest absolute Gasteiger partial charge is 0.283 e. The van der Waals surface area contributed by atoms with E-state index in [9.17, 15) is 18.0 Å². The molecule has 0 aliphatic heterocycles. The maximum Gasteiger partial charge on any atom is 0.283 e. The zero-order valence-electron chi connectivity index (χ0n) is 14.8. The van der Waals surface area contributed by atoms with Crippen molar-refractivity contribution in [3.63, 3.8) is 0 Å². The van der Waals surface area contributed by atoms with Gasteiger partial charge < -0.3 is 5.73 Å². The van der Waals surface area contributed by atoms with Gasteiger partial charge in [-0.1, -0.05) is 42.5 Å². The Kier molecular flexibility index (Phi) is 4.73. The molecule has 0 saturated heterocycles. The lowest BCUT2D eigenvalue weighted by Gasteiger charge is -2.08. The molecular weight excluding hydrogens is 412 g/mol. The highest BCUT2D eigenvalue weighted by Gasteiger charge is 2.25. The van der Waals surface area contributed by atoms with E-state index in [1.165, 1.54) is 34.8 Å². The Hall–Kier alpha value is -3.37. The molecule has 1 aliphatic rings. The first-order valence-electron chi connectivity index (χ1n) is 8.41. The number of nitrogen functional groups attached to an aromatic ring is 1. The molecule has 1 aliphatic carbocycles. The molecule has 0 radical (unpaired) electrons. The van der Waals surface area contributed by atoms with Crippen molar-refractivity contribution in [2.45, 2.75) is 10.9 Å². The van der Waals surface area contributed by atoms with Gasteiger partial charge in [0.05, 0.1) is 11.3 Å². The second-order valence-corrected chi connectivity index (χ2v) is 8.87. The van der Waals surface area contributed by atoms with E-state index in [0.29, 0.717) is 11.1 Å². The van der Waals surface area contributed by atoms with Gasteiger partial charge in [-0.15, -0.1) is 0 Å². The number of carbonyl (C=O) groups is 1. The third-order valence-corrected chi connectivity index (χ3v) is 6.56. The molecule has 0 amide bonds. The van der Waals surface area contributed by atoms with Gasteiger partial charge in [-0.25, -0.2) is 12.8 Å². The van der Waals surface area contributed by atoms with Crippen molar-refractivity contribution in [3.8, 4) is 0 Å². The van der Waals surface area contributed by atoms with Crippen molar-refractivity contribution in [2.75, 3.05) is 5.73 Å². The van der Waals surface area contributed by atoms with Crippen LogP contribution in [-0.4, -0.2) is 28.0 Å². The van der Waals surface area contributed by atoms with Crippen LogP contribution in [0.15, 0.2) is 70.2 Å². The van der Waals surface area contributed by atoms with Crippen LogP contribution in [0.1, 0.15) is 11.1 Å². The molecule has 0 spiro atoms. The van der Waals surface area contributed by atoms with Gasteiger partial charge in [-0.05, 0) is 29.4 Å². The van der Waals surface area contributed by atoms with Crippen molar-refractivity contribution in [1.29, 1.82) is 0 Å². The number of sulfone groups is 1. The molecule has 4 rings (SSSR count). The lowest BCUT2D eigenvalue weighted by molar-refractivity contribution is -0.110. The first-order valence-corrected chi connectivity index (χ1v) is 10.8. The number of aromatic nitrogens is 3. The summed E-state index contributed by atoms with van der Waals surface area (Å²) in [5, 5.41) is -0.268. The average Bonchev–Trinajstić information content (AvgIpc) is 3.12.